The Morgan fingerprint density at radius 3 is 2.86 bits per heavy atom. The van der Waals surface area contributed by atoms with Crippen LogP contribution in [0.15, 0.2) is 18.2 Å². The molecule has 118 valence electrons. The fraction of sp³-hybridized carbons (Fsp3) is 0.500. The zero-order chi connectivity index (χ0) is 15.5. The van der Waals surface area contributed by atoms with Crippen molar-refractivity contribution in [3.63, 3.8) is 0 Å². The lowest BCUT2D eigenvalue weighted by Gasteiger charge is -2.31. The molecule has 1 aromatic heterocycles. The Balaban J connectivity index is 1.63. The minimum Gasteiger partial charge on any atom is -0.497 e. The largest absolute Gasteiger partial charge is 0.497 e. The normalized spacial score (nSPS) is 16.0. The van der Waals surface area contributed by atoms with Gasteiger partial charge in [0.05, 0.1) is 17.3 Å². The summed E-state index contributed by atoms with van der Waals surface area (Å²) in [4.78, 5) is 18.1. The summed E-state index contributed by atoms with van der Waals surface area (Å²) in [6.07, 6.45) is 2.45. The first kappa shape index (κ1) is 15.1. The second-order valence-corrected chi connectivity index (χ2v) is 6.36. The number of hydrogen-bond donors (Lipinski definition) is 0. The van der Waals surface area contributed by atoms with E-state index < -0.39 is 0 Å². The van der Waals surface area contributed by atoms with Gasteiger partial charge >= 0.3 is 0 Å². The van der Waals surface area contributed by atoms with Crippen LogP contribution in [0.25, 0.3) is 10.2 Å². The highest BCUT2D eigenvalue weighted by Crippen LogP contribution is 2.31. The van der Waals surface area contributed by atoms with Crippen LogP contribution in [0, 0.1) is 0 Å². The van der Waals surface area contributed by atoms with E-state index in [2.05, 4.69) is 4.98 Å². The molecule has 0 N–H and O–H groups in total. The number of methoxy groups -OCH3 is 1. The molecular weight excluding hydrogens is 300 g/mol. The minimum atomic E-state index is 0.142. The third-order valence-corrected chi connectivity index (χ3v) is 4.87. The summed E-state index contributed by atoms with van der Waals surface area (Å²) >= 11 is 1.55. The van der Waals surface area contributed by atoms with Crippen LogP contribution < -0.4 is 9.47 Å². The summed E-state index contributed by atoms with van der Waals surface area (Å²) in [7, 11) is 1.65. The van der Waals surface area contributed by atoms with Gasteiger partial charge < -0.3 is 14.4 Å². The van der Waals surface area contributed by atoms with Gasteiger partial charge in [0.25, 0.3) is 5.19 Å². The second kappa shape index (κ2) is 6.52. The number of carbonyl (C=O) groups is 1. The van der Waals surface area contributed by atoms with Crippen molar-refractivity contribution >= 4 is 27.5 Å². The molecule has 5 nitrogen and oxygen atoms in total. The number of ether oxygens (including phenoxy) is 2. The molecule has 1 aromatic carbocycles. The smallest absolute Gasteiger partial charge is 0.274 e. The Morgan fingerprint density at radius 2 is 2.18 bits per heavy atom. The Kier molecular flexibility index (Phi) is 4.47. The van der Waals surface area contributed by atoms with Crippen molar-refractivity contribution in [1.82, 2.24) is 9.88 Å². The Labute approximate surface area is 133 Å². The maximum Gasteiger partial charge on any atom is 0.274 e. The molecule has 1 aliphatic heterocycles. The second-order valence-electron chi connectivity index (χ2n) is 5.36. The van der Waals surface area contributed by atoms with Crippen LogP contribution in [0.4, 0.5) is 0 Å². The molecule has 1 saturated heterocycles. The van der Waals surface area contributed by atoms with Crippen molar-refractivity contribution < 1.29 is 14.3 Å². The van der Waals surface area contributed by atoms with E-state index in [0.717, 1.165) is 41.9 Å². The zero-order valence-corrected chi connectivity index (χ0v) is 13.7. The van der Waals surface area contributed by atoms with Crippen molar-refractivity contribution in [2.45, 2.75) is 32.3 Å². The van der Waals surface area contributed by atoms with Crippen molar-refractivity contribution in [2.24, 2.45) is 0 Å². The fourth-order valence-corrected chi connectivity index (χ4v) is 3.51. The third-order valence-electron chi connectivity index (χ3n) is 3.94. The zero-order valence-electron chi connectivity index (χ0n) is 12.9. The Bertz CT molecular complexity index is 662. The topological polar surface area (TPSA) is 51.7 Å². The Hall–Kier alpha value is -1.82. The molecule has 0 atom stereocenters. The van der Waals surface area contributed by atoms with E-state index in [1.807, 2.05) is 30.0 Å². The number of fused-ring (bicyclic) bond motifs is 1. The number of hydrogen-bond acceptors (Lipinski definition) is 5. The van der Waals surface area contributed by atoms with Crippen molar-refractivity contribution in [3.8, 4) is 10.9 Å². The maximum atomic E-state index is 11.7. The lowest BCUT2D eigenvalue weighted by atomic mass is 10.1. The molecule has 0 unspecified atom stereocenters. The van der Waals surface area contributed by atoms with E-state index in [-0.39, 0.29) is 12.0 Å². The average Bonchev–Trinajstić information content (AvgIpc) is 2.95. The molecule has 1 fully saturated rings. The SMILES string of the molecule is CCC(=O)N1CCC(Oc2nc3cc(OC)ccc3s2)CC1. The van der Waals surface area contributed by atoms with Crippen molar-refractivity contribution in [1.29, 1.82) is 0 Å². The first-order valence-electron chi connectivity index (χ1n) is 7.58. The number of benzene rings is 1. The van der Waals surface area contributed by atoms with Gasteiger partial charge in [0.1, 0.15) is 11.9 Å². The van der Waals surface area contributed by atoms with Crippen LogP contribution in [-0.4, -0.2) is 42.1 Å². The van der Waals surface area contributed by atoms with Crippen LogP contribution in [0.5, 0.6) is 10.9 Å². The molecule has 1 amide bonds. The highest BCUT2D eigenvalue weighted by atomic mass is 32.1. The molecule has 0 bridgehead atoms. The molecule has 0 spiro atoms. The molecular formula is C16H20N2O3S. The first-order chi connectivity index (χ1) is 10.7. The van der Waals surface area contributed by atoms with Crippen LogP contribution in [0.1, 0.15) is 26.2 Å². The number of carbonyl (C=O) groups excluding carboxylic acids is 1. The molecule has 0 saturated carbocycles. The van der Waals surface area contributed by atoms with Gasteiger partial charge in [-0.3, -0.25) is 4.79 Å². The van der Waals surface area contributed by atoms with E-state index >= 15 is 0 Å². The molecule has 0 radical (unpaired) electrons. The van der Waals surface area contributed by atoms with Gasteiger partial charge in [0.2, 0.25) is 5.91 Å². The average molecular weight is 320 g/mol. The van der Waals surface area contributed by atoms with Gasteiger partial charge in [-0.25, -0.2) is 4.98 Å². The number of rotatable bonds is 4. The molecule has 3 rings (SSSR count). The number of aromatic nitrogens is 1. The summed E-state index contributed by atoms with van der Waals surface area (Å²) in [5.74, 6) is 1.03. The lowest BCUT2D eigenvalue weighted by molar-refractivity contribution is -0.132. The van der Waals surface area contributed by atoms with Gasteiger partial charge in [-0.05, 0) is 12.1 Å². The number of amides is 1. The van der Waals surface area contributed by atoms with E-state index in [4.69, 9.17) is 9.47 Å². The predicted molar refractivity (Wildman–Crippen MR) is 86.7 cm³/mol. The summed E-state index contributed by atoms with van der Waals surface area (Å²) in [6.45, 7) is 3.45. The highest BCUT2D eigenvalue weighted by molar-refractivity contribution is 7.20. The standard InChI is InChI=1S/C16H20N2O3S/c1-3-15(19)18-8-6-11(7-9-18)21-16-17-13-10-12(20-2)4-5-14(13)22-16/h4-5,10-11H,3,6-9H2,1-2H3. The molecule has 0 aliphatic carbocycles. The maximum absolute atomic E-state index is 11.7. The first-order valence-corrected chi connectivity index (χ1v) is 8.40. The van der Waals surface area contributed by atoms with Crippen LogP contribution >= 0.6 is 11.3 Å². The quantitative estimate of drug-likeness (QED) is 0.869. The van der Waals surface area contributed by atoms with E-state index in [1.54, 1.807) is 18.4 Å². The van der Waals surface area contributed by atoms with E-state index in [1.165, 1.54) is 0 Å². The van der Waals surface area contributed by atoms with Gasteiger partial charge in [-0.2, -0.15) is 0 Å². The summed E-state index contributed by atoms with van der Waals surface area (Å²) in [6, 6.07) is 5.85. The number of piperidine rings is 1. The van der Waals surface area contributed by atoms with E-state index in [0.29, 0.717) is 11.6 Å². The number of nitrogens with zero attached hydrogens (tertiary/aromatic N) is 2. The van der Waals surface area contributed by atoms with Crippen molar-refractivity contribution in [3.05, 3.63) is 18.2 Å². The van der Waals surface area contributed by atoms with Crippen LogP contribution in [-0.2, 0) is 4.79 Å². The van der Waals surface area contributed by atoms with Gasteiger partial charge in [-0.1, -0.05) is 18.3 Å². The molecule has 2 aromatic rings. The number of likely N-dealkylation sites (tertiary alicyclic amines) is 1. The van der Waals surface area contributed by atoms with Crippen LogP contribution in [0.2, 0.25) is 0 Å². The van der Waals surface area contributed by atoms with Gasteiger partial charge in [0, 0.05) is 38.4 Å². The van der Waals surface area contributed by atoms with Crippen LogP contribution in [0.3, 0.4) is 0 Å². The minimum absolute atomic E-state index is 0.142. The fourth-order valence-electron chi connectivity index (χ4n) is 2.65. The van der Waals surface area contributed by atoms with E-state index in [9.17, 15) is 4.79 Å². The third kappa shape index (κ3) is 3.16. The molecule has 2 heterocycles. The summed E-state index contributed by atoms with van der Waals surface area (Å²) in [5, 5.41) is 0.698. The highest BCUT2D eigenvalue weighted by Gasteiger charge is 2.23. The number of thiazole rings is 1. The predicted octanol–water partition coefficient (Wildman–Crippen LogP) is 3.08. The van der Waals surface area contributed by atoms with Gasteiger partial charge in [0.15, 0.2) is 0 Å². The molecule has 6 heteroatoms. The Morgan fingerprint density at radius 1 is 1.41 bits per heavy atom. The van der Waals surface area contributed by atoms with Gasteiger partial charge in [-0.15, -0.1) is 0 Å². The molecule has 22 heavy (non-hydrogen) atoms. The lowest BCUT2D eigenvalue weighted by Crippen LogP contribution is -2.41. The van der Waals surface area contributed by atoms with Crippen molar-refractivity contribution in [2.75, 3.05) is 20.2 Å². The molecule has 1 aliphatic rings. The summed E-state index contributed by atoms with van der Waals surface area (Å²) in [5.41, 5.74) is 0.901. The monoisotopic (exact) mass is 320 g/mol. The summed E-state index contributed by atoms with van der Waals surface area (Å²) < 4.78 is 12.3.